The highest BCUT2D eigenvalue weighted by Crippen LogP contribution is 2.21. The normalized spacial score (nSPS) is 11.4. The van der Waals surface area contributed by atoms with E-state index < -0.39 is 0 Å². The first-order chi connectivity index (χ1) is 10.6. The molecule has 2 heterocycles. The van der Waals surface area contributed by atoms with Gasteiger partial charge >= 0.3 is 11.4 Å². The third kappa shape index (κ3) is 1.77. The van der Waals surface area contributed by atoms with E-state index in [9.17, 15) is 4.79 Å². The molecule has 2 aromatic rings. The second-order valence-corrected chi connectivity index (χ2v) is 5.60. The summed E-state index contributed by atoms with van der Waals surface area (Å²) in [5, 5.41) is 2.32. The molecule has 4 heteroatoms. The molecule has 0 fully saturated rings. The van der Waals surface area contributed by atoms with E-state index in [4.69, 9.17) is 0 Å². The van der Waals surface area contributed by atoms with Crippen molar-refractivity contribution in [3.05, 3.63) is 71.4 Å². The zero-order chi connectivity index (χ0) is 15.3. The average molecular weight is 290 g/mol. The van der Waals surface area contributed by atoms with Crippen LogP contribution in [0.3, 0.4) is 0 Å². The van der Waals surface area contributed by atoms with Crippen molar-refractivity contribution in [1.82, 2.24) is 9.13 Å². The first kappa shape index (κ1) is 12.8. The molecule has 0 aliphatic carbocycles. The third-order valence-corrected chi connectivity index (χ3v) is 4.14. The van der Waals surface area contributed by atoms with Crippen molar-refractivity contribution in [3.63, 3.8) is 0 Å². The van der Waals surface area contributed by atoms with Gasteiger partial charge in [0.2, 0.25) is 5.69 Å². The Bertz CT molecular complexity index is 1030. The Morgan fingerprint density at radius 3 is 2.59 bits per heavy atom. The van der Waals surface area contributed by atoms with E-state index in [2.05, 4.69) is 24.3 Å². The van der Waals surface area contributed by atoms with Gasteiger partial charge in [-0.2, -0.15) is 4.57 Å². The monoisotopic (exact) mass is 290 g/mol. The lowest BCUT2D eigenvalue weighted by Crippen LogP contribution is -2.32. The van der Waals surface area contributed by atoms with Crippen LogP contribution in [0.15, 0.2) is 65.8 Å². The van der Waals surface area contributed by atoms with Crippen LogP contribution >= 0.6 is 0 Å². The summed E-state index contributed by atoms with van der Waals surface area (Å²) in [7, 11) is 3.88. The zero-order valence-electron chi connectivity index (χ0n) is 12.5. The molecule has 0 atom stereocenters. The van der Waals surface area contributed by atoms with Crippen LogP contribution in [0, 0.1) is 0 Å². The molecular weight excluding hydrogens is 274 g/mol. The minimum Gasteiger partial charge on any atom is -0.347 e. The largest absolute Gasteiger partial charge is 0.386 e. The van der Waals surface area contributed by atoms with Crippen molar-refractivity contribution in [2.45, 2.75) is 0 Å². The molecule has 108 valence electrons. The molecule has 0 spiro atoms. The van der Waals surface area contributed by atoms with Gasteiger partial charge in [0.1, 0.15) is 6.20 Å². The van der Waals surface area contributed by atoms with Crippen molar-refractivity contribution in [2.75, 3.05) is 0 Å². The molecule has 4 rings (SSSR count). The topological polar surface area (TPSA) is 30.8 Å². The molecule has 0 unspecified atom stereocenters. The van der Waals surface area contributed by atoms with Gasteiger partial charge in [-0.05, 0) is 22.9 Å². The zero-order valence-corrected chi connectivity index (χ0v) is 12.5. The van der Waals surface area contributed by atoms with E-state index in [1.807, 2.05) is 60.0 Å². The molecule has 0 radical (unpaired) electrons. The lowest BCUT2D eigenvalue weighted by molar-refractivity contribution is -0.650. The van der Waals surface area contributed by atoms with Crippen molar-refractivity contribution < 1.29 is 4.57 Å². The van der Waals surface area contributed by atoms with Gasteiger partial charge in [0.25, 0.3) is 0 Å². The third-order valence-electron chi connectivity index (χ3n) is 4.14. The van der Waals surface area contributed by atoms with Gasteiger partial charge in [-0.3, -0.25) is 0 Å². The summed E-state index contributed by atoms with van der Waals surface area (Å²) in [6.45, 7) is 0. The van der Waals surface area contributed by atoms with Gasteiger partial charge in [-0.25, -0.2) is 9.36 Å². The number of rotatable bonds is 1. The van der Waals surface area contributed by atoms with Crippen LogP contribution in [0.25, 0.3) is 27.8 Å². The molecule has 2 aliphatic rings. The molecule has 22 heavy (non-hydrogen) atoms. The van der Waals surface area contributed by atoms with Gasteiger partial charge in [0.15, 0.2) is 0 Å². The van der Waals surface area contributed by atoms with E-state index in [0.717, 1.165) is 16.8 Å². The van der Waals surface area contributed by atoms with Crippen molar-refractivity contribution >= 4 is 10.8 Å². The smallest absolute Gasteiger partial charge is 0.347 e. The number of aryl methyl sites for hydroxylation is 1. The van der Waals surface area contributed by atoms with Crippen molar-refractivity contribution in [1.29, 1.82) is 0 Å². The molecule has 0 N–H and O–H groups in total. The second kappa shape index (κ2) is 4.56. The molecule has 2 aromatic carbocycles. The van der Waals surface area contributed by atoms with Crippen molar-refractivity contribution in [2.24, 2.45) is 14.1 Å². The van der Waals surface area contributed by atoms with Gasteiger partial charge in [-0.15, -0.1) is 0 Å². The Balaban J connectivity index is 2.04. The standard InChI is InChI=1S/C18H16N3O/c1-19-9-10-21-16(12-19)20(2)17(18(21)22)15-8-7-13-5-3-4-6-14(13)11-15/h3-12H,1-2H3/q+1. The molecular formula is C18H16N3O+. The van der Waals surface area contributed by atoms with E-state index in [1.165, 1.54) is 5.39 Å². The number of nitrogens with zero attached hydrogens (tertiary/aromatic N) is 3. The van der Waals surface area contributed by atoms with E-state index in [1.54, 1.807) is 4.57 Å². The second-order valence-electron chi connectivity index (χ2n) is 5.60. The first-order valence-electron chi connectivity index (χ1n) is 7.20. The number of aromatic nitrogens is 3. The van der Waals surface area contributed by atoms with Crippen LogP contribution in [0.2, 0.25) is 0 Å². The fourth-order valence-electron chi connectivity index (χ4n) is 2.98. The van der Waals surface area contributed by atoms with Gasteiger partial charge in [0.05, 0.1) is 13.2 Å². The van der Waals surface area contributed by atoms with Crippen molar-refractivity contribution in [3.8, 4) is 17.1 Å². The minimum atomic E-state index is 0.00776. The van der Waals surface area contributed by atoms with Crippen LogP contribution in [-0.4, -0.2) is 9.13 Å². The quantitative estimate of drug-likeness (QED) is 0.495. The summed E-state index contributed by atoms with van der Waals surface area (Å²) in [6, 6.07) is 14.3. The van der Waals surface area contributed by atoms with Crippen LogP contribution < -0.4 is 10.1 Å². The lowest BCUT2D eigenvalue weighted by atomic mass is 10.1. The molecule has 0 saturated carbocycles. The average Bonchev–Trinajstić information content (AvgIpc) is 2.78. The predicted molar refractivity (Wildman–Crippen MR) is 86.3 cm³/mol. The maximum Gasteiger partial charge on any atom is 0.386 e. The summed E-state index contributed by atoms with van der Waals surface area (Å²) in [5.74, 6) is 0.873. The summed E-state index contributed by atoms with van der Waals surface area (Å²) >= 11 is 0. The van der Waals surface area contributed by atoms with E-state index in [-0.39, 0.29) is 5.56 Å². The number of imidazole rings is 1. The molecule has 0 bridgehead atoms. The Morgan fingerprint density at radius 1 is 1.00 bits per heavy atom. The molecule has 2 aliphatic heterocycles. The summed E-state index contributed by atoms with van der Waals surface area (Å²) in [4.78, 5) is 12.7. The fraction of sp³-hybridized carbons (Fsp3) is 0.111. The van der Waals surface area contributed by atoms with E-state index >= 15 is 0 Å². The lowest BCUT2D eigenvalue weighted by Gasteiger charge is -2.01. The maximum absolute atomic E-state index is 12.7. The summed E-state index contributed by atoms with van der Waals surface area (Å²) in [5.41, 5.74) is 1.66. The number of hydrogen-bond acceptors (Lipinski definition) is 1. The van der Waals surface area contributed by atoms with Crippen LogP contribution in [0.1, 0.15) is 0 Å². The van der Waals surface area contributed by atoms with Crippen LogP contribution in [0.4, 0.5) is 0 Å². The number of fused-ring (bicyclic) bond motifs is 2. The SMILES string of the molecule is Cn1ccn2c(=O)c(-c3ccc4ccccc4c3)[n+](C)c-2c1. The Kier molecular flexibility index (Phi) is 2.66. The van der Waals surface area contributed by atoms with Gasteiger partial charge in [-0.1, -0.05) is 30.3 Å². The molecule has 4 nitrogen and oxygen atoms in total. The number of hydrogen-bond donors (Lipinski definition) is 0. The van der Waals surface area contributed by atoms with E-state index in [0.29, 0.717) is 5.69 Å². The maximum atomic E-state index is 12.7. The molecule has 0 aromatic heterocycles. The minimum absolute atomic E-state index is 0.00776. The first-order valence-corrected chi connectivity index (χ1v) is 7.20. The summed E-state index contributed by atoms with van der Waals surface area (Å²) < 4.78 is 5.58. The van der Waals surface area contributed by atoms with Gasteiger partial charge < -0.3 is 4.57 Å². The Labute approximate surface area is 127 Å². The predicted octanol–water partition coefficient (Wildman–Crippen LogP) is 2.26. The highest BCUT2D eigenvalue weighted by atomic mass is 16.1. The summed E-state index contributed by atoms with van der Waals surface area (Å²) in [6.07, 6.45) is 5.63. The fourth-order valence-corrected chi connectivity index (χ4v) is 2.98. The Hall–Kier alpha value is -2.88. The highest BCUT2D eigenvalue weighted by molar-refractivity contribution is 5.86. The molecule has 0 saturated heterocycles. The highest BCUT2D eigenvalue weighted by Gasteiger charge is 2.27. The Morgan fingerprint density at radius 2 is 1.77 bits per heavy atom. The molecule has 0 amide bonds. The van der Waals surface area contributed by atoms with Gasteiger partial charge in [0, 0.05) is 18.8 Å². The number of benzene rings is 2. The van der Waals surface area contributed by atoms with Crippen LogP contribution in [-0.2, 0) is 14.1 Å². The van der Waals surface area contributed by atoms with Crippen LogP contribution in [0.5, 0.6) is 0 Å².